The Bertz CT molecular complexity index is 553. The third-order valence-corrected chi connectivity index (χ3v) is 2.22. The van der Waals surface area contributed by atoms with Crippen molar-refractivity contribution in [2.45, 2.75) is 0 Å². The quantitative estimate of drug-likeness (QED) is 0.631. The molecular weight excluding hydrogens is 234 g/mol. The standard InChI is InChI=1S/C8H6ClN5O2/c9-6-2-1-5(3-7(6)14(15)16)13-4-8(10)11-12-13/h1-4H,10H2. The van der Waals surface area contributed by atoms with Crippen LogP contribution in [0.3, 0.4) is 0 Å². The summed E-state index contributed by atoms with van der Waals surface area (Å²) in [6.45, 7) is 0. The Morgan fingerprint density at radius 3 is 2.81 bits per heavy atom. The van der Waals surface area contributed by atoms with Gasteiger partial charge in [-0.1, -0.05) is 16.8 Å². The molecular formula is C8H6ClN5O2. The van der Waals surface area contributed by atoms with Gasteiger partial charge in [0.15, 0.2) is 5.82 Å². The first-order valence-corrected chi connectivity index (χ1v) is 4.58. The van der Waals surface area contributed by atoms with Crippen molar-refractivity contribution in [2.24, 2.45) is 0 Å². The number of hydrogen-bond acceptors (Lipinski definition) is 5. The number of halogens is 1. The molecule has 0 aliphatic rings. The van der Waals surface area contributed by atoms with E-state index in [0.717, 1.165) is 0 Å². The Hall–Kier alpha value is -2.15. The lowest BCUT2D eigenvalue weighted by atomic mass is 10.3. The first kappa shape index (κ1) is 10.4. The van der Waals surface area contributed by atoms with Gasteiger partial charge in [-0.2, -0.15) is 0 Å². The maximum absolute atomic E-state index is 10.7. The summed E-state index contributed by atoms with van der Waals surface area (Å²) in [4.78, 5) is 10.1. The van der Waals surface area contributed by atoms with Gasteiger partial charge in [0.1, 0.15) is 5.02 Å². The van der Waals surface area contributed by atoms with Crippen LogP contribution < -0.4 is 5.73 Å². The highest BCUT2D eigenvalue weighted by molar-refractivity contribution is 6.32. The van der Waals surface area contributed by atoms with Crippen LogP contribution in [-0.4, -0.2) is 19.9 Å². The second-order valence-electron chi connectivity index (χ2n) is 2.98. The van der Waals surface area contributed by atoms with Crippen molar-refractivity contribution in [3.8, 4) is 5.69 Å². The van der Waals surface area contributed by atoms with E-state index >= 15 is 0 Å². The van der Waals surface area contributed by atoms with E-state index < -0.39 is 4.92 Å². The van der Waals surface area contributed by atoms with Gasteiger partial charge in [-0.15, -0.1) is 5.10 Å². The first-order chi connectivity index (χ1) is 7.58. The van der Waals surface area contributed by atoms with E-state index in [1.165, 1.54) is 23.0 Å². The van der Waals surface area contributed by atoms with Crippen LogP contribution in [0.1, 0.15) is 0 Å². The van der Waals surface area contributed by atoms with Crippen LogP contribution in [0.15, 0.2) is 24.4 Å². The zero-order valence-electron chi connectivity index (χ0n) is 7.87. The second-order valence-corrected chi connectivity index (χ2v) is 3.39. The van der Waals surface area contributed by atoms with Crippen molar-refractivity contribution in [3.63, 3.8) is 0 Å². The number of nitro benzene ring substituents is 1. The molecule has 0 aliphatic carbocycles. The van der Waals surface area contributed by atoms with Crippen molar-refractivity contribution < 1.29 is 4.92 Å². The molecule has 82 valence electrons. The number of nitro groups is 1. The van der Waals surface area contributed by atoms with Gasteiger partial charge in [0.05, 0.1) is 16.8 Å². The monoisotopic (exact) mass is 239 g/mol. The van der Waals surface area contributed by atoms with Gasteiger partial charge in [0.2, 0.25) is 0 Å². The van der Waals surface area contributed by atoms with Crippen molar-refractivity contribution >= 4 is 23.1 Å². The summed E-state index contributed by atoms with van der Waals surface area (Å²) in [5.74, 6) is 0.234. The molecule has 0 fully saturated rings. The van der Waals surface area contributed by atoms with Crippen LogP contribution in [0.25, 0.3) is 5.69 Å². The molecule has 1 heterocycles. The summed E-state index contributed by atoms with van der Waals surface area (Å²) < 4.78 is 1.33. The first-order valence-electron chi connectivity index (χ1n) is 4.20. The molecule has 0 amide bonds. The Balaban J connectivity index is 2.51. The average Bonchev–Trinajstić information content (AvgIpc) is 2.65. The summed E-state index contributed by atoms with van der Waals surface area (Å²) in [7, 11) is 0. The summed E-state index contributed by atoms with van der Waals surface area (Å²) in [6.07, 6.45) is 1.45. The molecule has 0 saturated carbocycles. The smallest absolute Gasteiger partial charge is 0.290 e. The maximum Gasteiger partial charge on any atom is 0.290 e. The van der Waals surface area contributed by atoms with Crippen molar-refractivity contribution in [1.82, 2.24) is 15.0 Å². The number of rotatable bonds is 2. The number of aromatic nitrogens is 3. The number of benzene rings is 1. The van der Waals surface area contributed by atoms with Crippen LogP contribution in [0.4, 0.5) is 11.5 Å². The zero-order valence-corrected chi connectivity index (χ0v) is 8.63. The van der Waals surface area contributed by atoms with Gasteiger partial charge >= 0.3 is 0 Å². The molecule has 2 N–H and O–H groups in total. The fraction of sp³-hybridized carbons (Fsp3) is 0. The number of hydrogen-bond donors (Lipinski definition) is 1. The molecule has 0 radical (unpaired) electrons. The topological polar surface area (TPSA) is 99.9 Å². The van der Waals surface area contributed by atoms with E-state index in [0.29, 0.717) is 5.69 Å². The Kier molecular flexibility index (Phi) is 2.45. The number of nitrogens with two attached hydrogens (primary N) is 1. The van der Waals surface area contributed by atoms with Crippen LogP contribution in [0, 0.1) is 10.1 Å². The van der Waals surface area contributed by atoms with Crippen molar-refractivity contribution in [3.05, 3.63) is 39.5 Å². The summed E-state index contributed by atoms with van der Waals surface area (Å²) in [6, 6.07) is 4.31. The van der Waals surface area contributed by atoms with Gasteiger partial charge in [0.25, 0.3) is 5.69 Å². The van der Waals surface area contributed by atoms with Crippen LogP contribution in [-0.2, 0) is 0 Å². The highest BCUT2D eigenvalue weighted by atomic mass is 35.5. The molecule has 8 heteroatoms. The average molecular weight is 240 g/mol. The van der Waals surface area contributed by atoms with Gasteiger partial charge in [-0.25, -0.2) is 4.68 Å². The van der Waals surface area contributed by atoms with E-state index in [9.17, 15) is 10.1 Å². The van der Waals surface area contributed by atoms with E-state index in [1.54, 1.807) is 6.07 Å². The molecule has 7 nitrogen and oxygen atoms in total. The molecule has 1 aromatic carbocycles. The second kappa shape index (κ2) is 3.78. The minimum Gasteiger partial charge on any atom is -0.381 e. The lowest BCUT2D eigenvalue weighted by Gasteiger charge is -2.00. The summed E-state index contributed by atoms with van der Waals surface area (Å²) in [5.41, 5.74) is 5.67. The Labute approximate surface area is 94.6 Å². The Morgan fingerprint density at radius 2 is 2.25 bits per heavy atom. The van der Waals surface area contributed by atoms with Gasteiger partial charge in [0, 0.05) is 6.07 Å². The summed E-state index contributed by atoms with van der Waals surface area (Å²) >= 11 is 5.67. The van der Waals surface area contributed by atoms with Gasteiger partial charge in [-0.3, -0.25) is 10.1 Å². The van der Waals surface area contributed by atoms with Gasteiger partial charge in [-0.05, 0) is 12.1 Å². The van der Waals surface area contributed by atoms with Crippen LogP contribution in [0.5, 0.6) is 0 Å². The molecule has 1 aromatic heterocycles. The third-order valence-electron chi connectivity index (χ3n) is 1.90. The minimum atomic E-state index is -0.563. The third kappa shape index (κ3) is 1.80. The highest BCUT2D eigenvalue weighted by Crippen LogP contribution is 2.26. The molecule has 0 aliphatic heterocycles. The molecule has 0 unspecified atom stereocenters. The largest absolute Gasteiger partial charge is 0.381 e. The molecule has 0 saturated heterocycles. The molecule has 0 atom stereocenters. The number of nitrogens with zero attached hydrogens (tertiary/aromatic N) is 4. The lowest BCUT2D eigenvalue weighted by Crippen LogP contribution is -1.97. The molecule has 2 aromatic rings. The van der Waals surface area contributed by atoms with E-state index in [1.807, 2.05) is 0 Å². The SMILES string of the molecule is Nc1cn(-c2ccc(Cl)c([N+](=O)[O-])c2)nn1. The predicted octanol–water partition coefficient (Wildman–Crippen LogP) is 1.41. The van der Waals surface area contributed by atoms with Crippen molar-refractivity contribution in [1.29, 1.82) is 0 Å². The van der Waals surface area contributed by atoms with E-state index in [4.69, 9.17) is 17.3 Å². The minimum absolute atomic E-state index is 0.0711. The van der Waals surface area contributed by atoms with E-state index in [-0.39, 0.29) is 16.5 Å². The fourth-order valence-electron chi connectivity index (χ4n) is 1.19. The molecule has 0 spiro atoms. The Morgan fingerprint density at radius 1 is 1.50 bits per heavy atom. The maximum atomic E-state index is 10.7. The van der Waals surface area contributed by atoms with Crippen molar-refractivity contribution in [2.75, 3.05) is 5.73 Å². The van der Waals surface area contributed by atoms with Crippen LogP contribution >= 0.6 is 11.6 Å². The lowest BCUT2D eigenvalue weighted by molar-refractivity contribution is -0.384. The predicted molar refractivity (Wildman–Crippen MR) is 57.4 cm³/mol. The normalized spacial score (nSPS) is 10.3. The molecule has 2 rings (SSSR count). The van der Waals surface area contributed by atoms with E-state index in [2.05, 4.69) is 10.3 Å². The van der Waals surface area contributed by atoms with Gasteiger partial charge < -0.3 is 5.73 Å². The summed E-state index contributed by atoms with van der Waals surface area (Å²) in [5, 5.41) is 18.0. The number of nitrogen functional groups attached to an aromatic ring is 1. The molecule has 0 bridgehead atoms. The fourth-order valence-corrected chi connectivity index (χ4v) is 1.37. The highest BCUT2D eigenvalue weighted by Gasteiger charge is 2.13. The molecule has 16 heavy (non-hydrogen) atoms. The van der Waals surface area contributed by atoms with Crippen LogP contribution in [0.2, 0.25) is 5.02 Å². The zero-order chi connectivity index (χ0) is 11.7. The number of anilines is 1.